The summed E-state index contributed by atoms with van der Waals surface area (Å²) in [7, 11) is 0. The van der Waals surface area contributed by atoms with Crippen LogP contribution in [0.5, 0.6) is 5.75 Å². The molecule has 0 atom stereocenters. The highest BCUT2D eigenvalue weighted by atomic mass is 32.2. The molecular weight excluding hydrogens is 358 g/mol. The Bertz CT molecular complexity index is 914. The SMILES string of the molecule is Cc1ccccc1N=C1SCC(C)(C)N1C(=O)COc1ccc(C#N)cc1. The number of hydrogen-bond acceptors (Lipinski definition) is 5. The van der Waals surface area contributed by atoms with Gasteiger partial charge in [0, 0.05) is 5.75 Å². The van der Waals surface area contributed by atoms with Crippen molar-refractivity contribution in [2.75, 3.05) is 12.4 Å². The van der Waals surface area contributed by atoms with Crippen LogP contribution in [0.4, 0.5) is 5.69 Å². The third kappa shape index (κ3) is 4.32. The zero-order chi connectivity index (χ0) is 19.4. The normalized spacial score (nSPS) is 17.0. The second kappa shape index (κ2) is 7.85. The van der Waals surface area contributed by atoms with Crippen molar-refractivity contribution in [3.63, 3.8) is 0 Å². The lowest BCUT2D eigenvalue weighted by molar-refractivity contribution is -0.132. The van der Waals surface area contributed by atoms with Gasteiger partial charge in [-0.15, -0.1) is 0 Å². The predicted molar refractivity (Wildman–Crippen MR) is 108 cm³/mol. The van der Waals surface area contributed by atoms with E-state index in [1.54, 1.807) is 40.9 Å². The fraction of sp³-hybridized carbons (Fsp3) is 0.286. The summed E-state index contributed by atoms with van der Waals surface area (Å²) in [6.45, 7) is 5.98. The van der Waals surface area contributed by atoms with Crippen molar-refractivity contribution in [1.82, 2.24) is 4.90 Å². The van der Waals surface area contributed by atoms with E-state index in [9.17, 15) is 4.79 Å². The number of amidine groups is 1. The summed E-state index contributed by atoms with van der Waals surface area (Å²) >= 11 is 1.58. The van der Waals surface area contributed by atoms with Crippen LogP contribution in [0, 0.1) is 18.3 Å². The van der Waals surface area contributed by atoms with Crippen LogP contribution in [0.1, 0.15) is 25.0 Å². The van der Waals surface area contributed by atoms with Crippen LogP contribution in [0.25, 0.3) is 0 Å². The number of nitrogens with zero attached hydrogens (tertiary/aromatic N) is 3. The van der Waals surface area contributed by atoms with Gasteiger partial charge in [0.05, 0.1) is 22.9 Å². The molecule has 0 saturated carbocycles. The Morgan fingerprint density at radius 1 is 1.26 bits per heavy atom. The Balaban J connectivity index is 1.77. The Hall–Kier alpha value is -2.78. The van der Waals surface area contributed by atoms with Gasteiger partial charge in [0.15, 0.2) is 11.8 Å². The molecule has 1 saturated heterocycles. The molecule has 0 N–H and O–H groups in total. The quantitative estimate of drug-likeness (QED) is 0.795. The minimum atomic E-state index is -0.336. The zero-order valence-corrected chi connectivity index (χ0v) is 16.4. The molecule has 3 rings (SSSR count). The van der Waals surface area contributed by atoms with Crippen molar-refractivity contribution in [3.8, 4) is 11.8 Å². The van der Waals surface area contributed by atoms with Crippen molar-refractivity contribution in [1.29, 1.82) is 5.26 Å². The van der Waals surface area contributed by atoms with Crippen LogP contribution in [-0.4, -0.2) is 33.9 Å². The van der Waals surface area contributed by atoms with Gasteiger partial charge in [0.1, 0.15) is 5.75 Å². The van der Waals surface area contributed by atoms with E-state index in [-0.39, 0.29) is 18.1 Å². The van der Waals surface area contributed by atoms with Crippen LogP contribution in [0.15, 0.2) is 53.5 Å². The lowest BCUT2D eigenvalue weighted by atomic mass is 10.1. The van der Waals surface area contributed by atoms with Crippen LogP contribution in [0.3, 0.4) is 0 Å². The van der Waals surface area contributed by atoms with E-state index in [2.05, 4.69) is 6.07 Å². The van der Waals surface area contributed by atoms with Crippen molar-refractivity contribution in [2.45, 2.75) is 26.3 Å². The molecule has 27 heavy (non-hydrogen) atoms. The number of thioether (sulfide) groups is 1. The summed E-state index contributed by atoms with van der Waals surface area (Å²) in [6.07, 6.45) is 0. The minimum Gasteiger partial charge on any atom is -0.484 e. The van der Waals surface area contributed by atoms with Gasteiger partial charge in [-0.3, -0.25) is 9.69 Å². The van der Waals surface area contributed by atoms with Gasteiger partial charge in [-0.05, 0) is 56.7 Å². The Kier molecular flexibility index (Phi) is 5.52. The molecule has 138 valence electrons. The van der Waals surface area contributed by atoms with Crippen LogP contribution in [-0.2, 0) is 4.79 Å². The highest BCUT2D eigenvalue weighted by molar-refractivity contribution is 8.14. The number of aliphatic imine (C=N–C) groups is 1. The molecule has 0 aliphatic carbocycles. The number of ether oxygens (including phenoxy) is 1. The monoisotopic (exact) mass is 379 g/mol. The first kappa shape index (κ1) is 19.0. The largest absolute Gasteiger partial charge is 0.484 e. The average molecular weight is 379 g/mol. The van der Waals surface area contributed by atoms with Gasteiger partial charge < -0.3 is 4.74 Å². The summed E-state index contributed by atoms with van der Waals surface area (Å²) in [5.74, 6) is 1.20. The molecule has 1 fully saturated rings. The molecule has 0 unspecified atom stereocenters. The van der Waals surface area contributed by atoms with E-state index >= 15 is 0 Å². The van der Waals surface area contributed by atoms with Crippen molar-refractivity contribution < 1.29 is 9.53 Å². The standard InChI is InChI=1S/C21H21N3O2S/c1-15-6-4-5-7-18(15)23-20-24(21(2,3)14-27-20)19(25)13-26-17-10-8-16(12-22)9-11-17/h4-11H,13-14H2,1-3H3. The fourth-order valence-electron chi connectivity index (χ4n) is 2.78. The summed E-state index contributed by atoms with van der Waals surface area (Å²) in [4.78, 5) is 19.4. The Morgan fingerprint density at radius 3 is 2.63 bits per heavy atom. The minimum absolute atomic E-state index is 0.0807. The number of para-hydroxylation sites is 1. The summed E-state index contributed by atoms with van der Waals surface area (Å²) in [6, 6.07) is 16.6. The maximum Gasteiger partial charge on any atom is 0.267 e. The van der Waals surface area contributed by atoms with E-state index < -0.39 is 0 Å². The smallest absolute Gasteiger partial charge is 0.267 e. The summed E-state index contributed by atoms with van der Waals surface area (Å²) in [5, 5.41) is 9.55. The van der Waals surface area contributed by atoms with E-state index in [1.807, 2.05) is 45.0 Å². The van der Waals surface area contributed by atoms with E-state index in [0.717, 1.165) is 17.0 Å². The number of carbonyl (C=O) groups excluding carboxylic acids is 1. The van der Waals surface area contributed by atoms with Crippen molar-refractivity contribution in [3.05, 3.63) is 59.7 Å². The topological polar surface area (TPSA) is 65.7 Å². The van der Waals surface area contributed by atoms with Crippen molar-refractivity contribution in [2.24, 2.45) is 4.99 Å². The number of hydrogen-bond donors (Lipinski definition) is 0. The number of nitriles is 1. The number of amides is 1. The van der Waals surface area contributed by atoms with Crippen LogP contribution >= 0.6 is 11.8 Å². The van der Waals surface area contributed by atoms with Gasteiger partial charge in [-0.2, -0.15) is 5.26 Å². The molecule has 1 amide bonds. The zero-order valence-electron chi connectivity index (χ0n) is 15.6. The second-order valence-electron chi connectivity index (χ2n) is 6.94. The molecule has 2 aromatic carbocycles. The molecule has 0 bridgehead atoms. The predicted octanol–water partition coefficient (Wildman–Crippen LogP) is 4.29. The van der Waals surface area contributed by atoms with E-state index in [4.69, 9.17) is 15.0 Å². The van der Waals surface area contributed by atoms with Gasteiger partial charge in [0.25, 0.3) is 5.91 Å². The molecule has 0 spiro atoms. The van der Waals surface area contributed by atoms with E-state index in [0.29, 0.717) is 16.5 Å². The van der Waals surface area contributed by atoms with Crippen LogP contribution < -0.4 is 4.74 Å². The summed E-state index contributed by atoms with van der Waals surface area (Å²) < 4.78 is 5.63. The molecule has 2 aromatic rings. The van der Waals surface area contributed by atoms with Crippen LogP contribution in [0.2, 0.25) is 0 Å². The second-order valence-corrected chi connectivity index (χ2v) is 7.88. The maximum absolute atomic E-state index is 12.9. The summed E-state index contributed by atoms with van der Waals surface area (Å²) in [5.41, 5.74) is 2.15. The molecule has 0 radical (unpaired) electrons. The maximum atomic E-state index is 12.9. The van der Waals surface area contributed by atoms with Crippen molar-refractivity contribution >= 4 is 28.5 Å². The van der Waals surface area contributed by atoms with Gasteiger partial charge in [-0.1, -0.05) is 30.0 Å². The molecule has 5 nitrogen and oxygen atoms in total. The lowest BCUT2D eigenvalue weighted by Gasteiger charge is -2.30. The molecule has 1 aliphatic rings. The first-order chi connectivity index (χ1) is 12.9. The fourth-order valence-corrected chi connectivity index (χ4v) is 4.04. The highest BCUT2D eigenvalue weighted by Crippen LogP contribution is 2.35. The lowest BCUT2D eigenvalue weighted by Crippen LogP contribution is -2.48. The first-order valence-electron chi connectivity index (χ1n) is 8.64. The first-order valence-corrected chi connectivity index (χ1v) is 9.62. The molecule has 1 aliphatic heterocycles. The molecule has 1 heterocycles. The molecular formula is C21H21N3O2S. The number of rotatable bonds is 4. The molecule has 6 heteroatoms. The number of benzene rings is 2. The third-order valence-corrected chi connectivity index (χ3v) is 5.66. The van der Waals surface area contributed by atoms with E-state index in [1.165, 1.54) is 0 Å². The Labute approximate surface area is 163 Å². The van der Waals surface area contributed by atoms with Gasteiger partial charge in [-0.25, -0.2) is 4.99 Å². The van der Waals surface area contributed by atoms with Gasteiger partial charge >= 0.3 is 0 Å². The Morgan fingerprint density at radius 2 is 1.96 bits per heavy atom. The average Bonchev–Trinajstić information content (AvgIpc) is 2.96. The van der Waals surface area contributed by atoms with Gasteiger partial charge in [0.2, 0.25) is 0 Å². The molecule has 0 aromatic heterocycles. The third-order valence-electron chi connectivity index (χ3n) is 4.28. The highest BCUT2D eigenvalue weighted by Gasteiger charge is 2.41. The number of aryl methyl sites for hydroxylation is 1. The number of carbonyl (C=O) groups is 1.